The number of carboxylic acid groups (broad SMARTS) is 1. The highest BCUT2D eigenvalue weighted by Gasteiger charge is 2.37. The molecule has 0 spiro atoms. The Morgan fingerprint density at radius 1 is 1.43 bits per heavy atom. The van der Waals surface area contributed by atoms with Crippen molar-refractivity contribution in [3.63, 3.8) is 0 Å². The van der Waals surface area contributed by atoms with E-state index in [1.807, 2.05) is 0 Å². The molecule has 1 aliphatic rings. The van der Waals surface area contributed by atoms with Crippen molar-refractivity contribution in [1.29, 1.82) is 0 Å². The molecule has 2 unspecified atom stereocenters. The standard InChI is InChI=1S/C14H18FNO4S/c1-9-7-12(15)3-4-13(9)21(19,20)16-6-5-11(14(17)18)8-10(16)2/h3-4,7,10-11H,5-6,8H2,1-2H3,(H,17,18). The first-order chi connectivity index (χ1) is 9.73. The number of nitrogens with zero attached hydrogens (tertiary/aromatic N) is 1. The highest BCUT2D eigenvalue weighted by atomic mass is 32.2. The van der Waals surface area contributed by atoms with Crippen molar-refractivity contribution in [3.8, 4) is 0 Å². The highest BCUT2D eigenvalue weighted by Crippen LogP contribution is 2.30. The summed E-state index contributed by atoms with van der Waals surface area (Å²) in [4.78, 5) is 11.1. The van der Waals surface area contributed by atoms with Crippen LogP contribution in [0.2, 0.25) is 0 Å². The first-order valence-electron chi connectivity index (χ1n) is 6.74. The number of carboxylic acids is 1. The van der Waals surface area contributed by atoms with Crippen LogP contribution in [0.3, 0.4) is 0 Å². The van der Waals surface area contributed by atoms with Crippen LogP contribution in [-0.2, 0) is 14.8 Å². The van der Waals surface area contributed by atoms with E-state index in [4.69, 9.17) is 5.11 Å². The summed E-state index contributed by atoms with van der Waals surface area (Å²) in [7, 11) is -3.73. The number of piperidine rings is 1. The smallest absolute Gasteiger partial charge is 0.306 e. The lowest BCUT2D eigenvalue weighted by Gasteiger charge is -2.35. The van der Waals surface area contributed by atoms with Gasteiger partial charge >= 0.3 is 5.97 Å². The lowest BCUT2D eigenvalue weighted by molar-refractivity contribution is -0.143. The molecule has 1 aromatic carbocycles. The van der Waals surface area contributed by atoms with Crippen LogP contribution in [0.5, 0.6) is 0 Å². The number of hydrogen-bond donors (Lipinski definition) is 1. The summed E-state index contributed by atoms with van der Waals surface area (Å²) >= 11 is 0. The molecular weight excluding hydrogens is 297 g/mol. The van der Waals surface area contributed by atoms with Gasteiger partial charge in [-0.15, -0.1) is 0 Å². The van der Waals surface area contributed by atoms with Crippen molar-refractivity contribution in [1.82, 2.24) is 4.31 Å². The second-order valence-corrected chi connectivity index (χ2v) is 7.29. The molecule has 0 saturated carbocycles. The summed E-state index contributed by atoms with van der Waals surface area (Å²) in [6.45, 7) is 3.41. The van der Waals surface area contributed by atoms with Crippen molar-refractivity contribution < 1.29 is 22.7 Å². The van der Waals surface area contributed by atoms with Crippen molar-refractivity contribution in [2.24, 2.45) is 5.92 Å². The zero-order chi connectivity index (χ0) is 15.8. The van der Waals surface area contributed by atoms with Crippen LogP contribution < -0.4 is 0 Å². The Kier molecular flexibility index (Phi) is 4.34. The van der Waals surface area contributed by atoms with Crippen molar-refractivity contribution >= 4 is 16.0 Å². The molecule has 5 nitrogen and oxygen atoms in total. The molecule has 1 fully saturated rings. The number of hydrogen-bond acceptors (Lipinski definition) is 3. The van der Waals surface area contributed by atoms with E-state index in [-0.39, 0.29) is 17.9 Å². The molecule has 1 saturated heterocycles. The number of aryl methyl sites for hydroxylation is 1. The quantitative estimate of drug-likeness (QED) is 0.926. The number of rotatable bonds is 3. The van der Waals surface area contributed by atoms with Gasteiger partial charge in [0.1, 0.15) is 5.82 Å². The van der Waals surface area contributed by atoms with Crippen LogP contribution in [0.25, 0.3) is 0 Å². The molecule has 0 aromatic heterocycles. The molecule has 0 bridgehead atoms. The molecule has 1 heterocycles. The van der Waals surface area contributed by atoms with E-state index in [2.05, 4.69) is 0 Å². The summed E-state index contributed by atoms with van der Waals surface area (Å²) in [5, 5.41) is 9.03. The second-order valence-electron chi connectivity index (χ2n) is 5.43. The minimum absolute atomic E-state index is 0.0736. The Morgan fingerprint density at radius 3 is 2.62 bits per heavy atom. The van der Waals surface area contributed by atoms with Crippen LogP contribution >= 0.6 is 0 Å². The summed E-state index contributed by atoms with van der Waals surface area (Å²) in [6.07, 6.45) is 0.577. The van der Waals surface area contributed by atoms with E-state index in [1.54, 1.807) is 13.8 Å². The van der Waals surface area contributed by atoms with Gasteiger partial charge in [0, 0.05) is 12.6 Å². The summed E-state index contributed by atoms with van der Waals surface area (Å²) in [5.74, 6) is -1.89. The lowest BCUT2D eigenvalue weighted by Crippen LogP contribution is -2.46. The van der Waals surface area contributed by atoms with Gasteiger partial charge in [0.05, 0.1) is 10.8 Å². The predicted molar refractivity (Wildman–Crippen MR) is 74.9 cm³/mol. The molecule has 2 rings (SSSR count). The maximum atomic E-state index is 13.1. The second kappa shape index (κ2) is 5.73. The van der Waals surface area contributed by atoms with Gasteiger partial charge in [0.2, 0.25) is 10.0 Å². The third kappa shape index (κ3) is 3.08. The van der Waals surface area contributed by atoms with Gasteiger partial charge < -0.3 is 5.11 Å². The number of benzene rings is 1. The third-order valence-electron chi connectivity index (χ3n) is 3.89. The van der Waals surface area contributed by atoms with Gasteiger partial charge in [0.15, 0.2) is 0 Å². The first-order valence-corrected chi connectivity index (χ1v) is 8.18. The summed E-state index contributed by atoms with van der Waals surface area (Å²) in [6, 6.07) is 3.17. The van der Waals surface area contributed by atoms with Gasteiger partial charge in [-0.3, -0.25) is 4.79 Å². The first kappa shape index (κ1) is 15.9. The van der Waals surface area contributed by atoms with Crippen LogP contribution in [0.1, 0.15) is 25.3 Å². The van der Waals surface area contributed by atoms with E-state index in [9.17, 15) is 17.6 Å². The normalized spacial score (nSPS) is 24.0. The van der Waals surface area contributed by atoms with Gasteiger partial charge in [0.25, 0.3) is 0 Å². The Morgan fingerprint density at radius 2 is 2.10 bits per heavy atom. The predicted octanol–water partition coefficient (Wildman–Crippen LogP) is 2.01. The lowest BCUT2D eigenvalue weighted by atomic mass is 9.93. The molecule has 0 aliphatic carbocycles. The molecule has 1 aliphatic heterocycles. The van der Waals surface area contributed by atoms with E-state index in [0.29, 0.717) is 12.0 Å². The molecule has 2 atom stereocenters. The molecule has 116 valence electrons. The van der Waals surface area contributed by atoms with Gasteiger partial charge in [-0.05, 0) is 50.5 Å². The Labute approximate surface area is 123 Å². The molecule has 1 N–H and O–H groups in total. The molecule has 21 heavy (non-hydrogen) atoms. The van der Waals surface area contributed by atoms with Crippen LogP contribution in [0, 0.1) is 18.7 Å². The fourth-order valence-corrected chi connectivity index (χ4v) is 4.62. The van der Waals surface area contributed by atoms with Crippen LogP contribution in [0.15, 0.2) is 23.1 Å². The minimum atomic E-state index is -3.73. The SMILES string of the molecule is Cc1cc(F)ccc1S(=O)(=O)N1CCC(C(=O)O)CC1C. The molecule has 0 radical (unpaired) electrons. The van der Waals surface area contributed by atoms with E-state index in [0.717, 1.165) is 6.07 Å². The van der Waals surface area contributed by atoms with E-state index < -0.39 is 33.8 Å². The minimum Gasteiger partial charge on any atom is -0.481 e. The van der Waals surface area contributed by atoms with E-state index >= 15 is 0 Å². The monoisotopic (exact) mass is 315 g/mol. The molecular formula is C14H18FNO4S. The van der Waals surface area contributed by atoms with E-state index in [1.165, 1.54) is 16.4 Å². The van der Waals surface area contributed by atoms with Crippen LogP contribution in [0.4, 0.5) is 4.39 Å². The number of sulfonamides is 1. The summed E-state index contributed by atoms with van der Waals surface area (Å²) < 4.78 is 39.8. The van der Waals surface area contributed by atoms with Gasteiger partial charge in [-0.1, -0.05) is 0 Å². The zero-order valence-electron chi connectivity index (χ0n) is 11.9. The molecule has 0 amide bonds. The number of carbonyl (C=O) groups is 1. The number of aliphatic carboxylic acids is 1. The Balaban J connectivity index is 2.30. The average Bonchev–Trinajstić information content (AvgIpc) is 2.37. The molecule has 7 heteroatoms. The van der Waals surface area contributed by atoms with Crippen molar-refractivity contribution in [2.75, 3.05) is 6.54 Å². The average molecular weight is 315 g/mol. The number of halogens is 1. The fraction of sp³-hybridized carbons (Fsp3) is 0.500. The zero-order valence-corrected chi connectivity index (χ0v) is 12.7. The fourth-order valence-electron chi connectivity index (χ4n) is 2.76. The van der Waals surface area contributed by atoms with Gasteiger partial charge in [-0.2, -0.15) is 4.31 Å². The Bertz CT molecular complexity index is 659. The third-order valence-corrected chi connectivity index (χ3v) is 6.06. The van der Waals surface area contributed by atoms with Crippen molar-refractivity contribution in [3.05, 3.63) is 29.6 Å². The highest BCUT2D eigenvalue weighted by molar-refractivity contribution is 7.89. The van der Waals surface area contributed by atoms with Crippen LogP contribution in [-0.4, -0.2) is 36.4 Å². The topological polar surface area (TPSA) is 74.7 Å². The summed E-state index contributed by atoms with van der Waals surface area (Å²) in [5.41, 5.74) is 0.350. The molecule has 1 aromatic rings. The maximum Gasteiger partial charge on any atom is 0.306 e. The largest absolute Gasteiger partial charge is 0.481 e. The Hall–Kier alpha value is -1.47. The maximum absolute atomic E-state index is 13.1. The van der Waals surface area contributed by atoms with Crippen molar-refractivity contribution in [2.45, 2.75) is 37.6 Å². The van der Waals surface area contributed by atoms with Gasteiger partial charge in [-0.25, -0.2) is 12.8 Å².